The lowest BCUT2D eigenvalue weighted by Crippen LogP contribution is -2.33. The molecule has 1 heterocycles. The molecule has 0 aliphatic heterocycles. The van der Waals surface area contributed by atoms with Gasteiger partial charge in [0.2, 0.25) is 0 Å². The van der Waals surface area contributed by atoms with Crippen LogP contribution in [0.25, 0.3) is 0 Å². The molecule has 1 aromatic heterocycles. The number of benzene rings is 1. The monoisotopic (exact) mass is 327 g/mol. The molecule has 1 amide bonds. The molecule has 0 atom stereocenters. The molecule has 2 aromatic rings. The molecule has 1 aliphatic carbocycles. The van der Waals surface area contributed by atoms with E-state index in [4.69, 9.17) is 0 Å². The van der Waals surface area contributed by atoms with Gasteiger partial charge in [-0.25, -0.2) is 0 Å². The molecule has 3 rings (SSSR count). The molecule has 6 heteroatoms. The minimum absolute atomic E-state index is 0.0876. The molecule has 1 aliphatic rings. The fourth-order valence-corrected chi connectivity index (χ4v) is 3.56. The zero-order chi connectivity index (χ0) is 17.2. The van der Waals surface area contributed by atoms with Crippen LogP contribution in [0.2, 0.25) is 0 Å². The maximum absolute atomic E-state index is 11.9. The van der Waals surface area contributed by atoms with Gasteiger partial charge in [0.15, 0.2) is 11.4 Å². The summed E-state index contributed by atoms with van der Waals surface area (Å²) >= 11 is 0. The summed E-state index contributed by atoms with van der Waals surface area (Å²) in [5, 5.41) is 16.5. The van der Waals surface area contributed by atoms with Gasteiger partial charge in [0, 0.05) is 12.5 Å². The van der Waals surface area contributed by atoms with Crippen molar-refractivity contribution < 1.29 is 9.90 Å². The van der Waals surface area contributed by atoms with E-state index >= 15 is 0 Å². The van der Waals surface area contributed by atoms with Crippen molar-refractivity contribution in [2.45, 2.75) is 37.6 Å². The molecular weight excluding hydrogens is 306 g/mol. The summed E-state index contributed by atoms with van der Waals surface area (Å²) in [7, 11) is 1.43. The Bertz CT molecular complexity index is 793. The number of hydrogen-bond acceptors (Lipinski definition) is 4. The third kappa shape index (κ3) is 2.91. The van der Waals surface area contributed by atoms with Crippen LogP contribution in [0.15, 0.2) is 41.3 Å². The Balaban J connectivity index is 2.01. The van der Waals surface area contributed by atoms with Gasteiger partial charge >= 0.3 is 0 Å². The van der Waals surface area contributed by atoms with E-state index in [1.165, 1.54) is 23.5 Å². The normalized spacial score (nSPS) is 16.0. The summed E-state index contributed by atoms with van der Waals surface area (Å²) < 4.78 is 1.53. The van der Waals surface area contributed by atoms with Gasteiger partial charge in [-0.15, -0.1) is 0 Å². The molecule has 2 N–H and O–H groups in total. The fourth-order valence-electron chi connectivity index (χ4n) is 3.56. The van der Waals surface area contributed by atoms with Crippen LogP contribution in [0.1, 0.15) is 41.7 Å². The first-order valence-electron chi connectivity index (χ1n) is 8.14. The second-order valence-electron chi connectivity index (χ2n) is 6.32. The summed E-state index contributed by atoms with van der Waals surface area (Å²) in [5.41, 5.74) is 0.115. The van der Waals surface area contributed by atoms with E-state index < -0.39 is 17.1 Å². The van der Waals surface area contributed by atoms with E-state index in [-0.39, 0.29) is 11.1 Å². The van der Waals surface area contributed by atoms with Crippen LogP contribution < -0.4 is 10.7 Å². The standard InChI is InChI=1S/C18H21N3O3/c1-19-17(24)15-16(23)14(22)11-21(20-15)12-18(9-5-6-10-18)13-7-3-2-4-8-13/h2-4,7-8,11,22H,5-6,9-10,12H2,1H3,(H,19,24). The number of carbonyl (C=O) groups is 1. The van der Waals surface area contributed by atoms with E-state index in [1.54, 1.807) is 0 Å². The summed E-state index contributed by atoms with van der Waals surface area (Å²) in [6, 6.07) is 10.2. The molecular formula is C18H21N3O3. The van der Waals surface area contributed by atoms with Gasteiger partial charge < -0.3 is 10.4 Å². The lowest BCUT2D eigenvalue weighted by atomic mass is 9.79. The topological polar surface area (TPSA) is 84.2 Å². The number of hydrogen-bond donors (Lipinski definition) is 2. The first kappa shape index (κ1) is 16.2. The van der Waals surface area contributed by atoms with Crippen LogP contribution in [0.3, 0.4) is 0 Å². The number of carbonyl (C=O) groups excluding carboxylic acids is 1. The Kier molecular flexibility index (Phi) is 4.38. The molecule has 0 radical (unpaired) electrons. The number of aromatic hydroxyl groups is 1. The van der Waals surface area contributed by atoms with Gasteiger partial charge in [0.1, 0.15) is 0 Å². The highest BCUT2D eigenvalue weighted by atomic mass is 16.3. The zero-order valence-electron chi connectivity index (χ0n) is 13.7. The van der Waals surface area contributed by atoms with Crippen LogP contribution in [0, 0.1) is 0 Å². The Labute approximate surface area is 140 Å². The Morgan fingerprint density at radius 1 is 1.29 bits per heavy atom. The Morgan fingerprint density at radius 2 is 1.96 bits per heavy atom. The molecule has 0 unspecified atom stereocenters. The van der Waals surface area contributed by atoms with Crippen molar-refractivity contribution in [3.05, 3.63) is 58.0 Å². The minimum atomic E-state index is -0.745. The number of nitrogens with zero attached hydrogens (tertiary/aromatic N) is 2. The van der Waals surface area contributed by atoms with E-state index in [9.17, 15) is 14.7 Å². The van der Waals surface area contributed by atoms with E-state index in [2.05, 4.69) is 22.5 Å². The summed E-state index contributed by atoms with van der Waals surface area (Å²) in [6.07, 6.45) is 5.60. The van der Waals surface area contributed by atoms with Gasteiger partial charge in [-0.2, -0.15) is 5.10 Å². The summed E-state index contributed by atoms with van der Waals surface area (Å²) in [6.45, 7) is 0.523. The number of amides is 1. The molecule has 126 valence electrons. The third-order valence-corrected chi connectivity index (χ3v) is 4.80. The predicted octanol–water partition coefficient (Wildman–Crippen LogP) is 1.82. The largest absolute Gasteiger partial charge is 0.503 e. The first-order chi connectivity index (χ1) is 11.6. The van der Waals surface area contributed by atoms with Crippen LogP contribution >= 0.6 is 0 Å². The van der Waals surface area contributed by atoms with E-state index in [0.29, 0.717) is 6.54 Å². The van der Waals surface area contributed by atoms with Crippen molar-refractivity contribution in [3.63, 3.8) is 0 Å². The Hall–Kier alpha value is -2.63. The minimum Gasteiger partial charge on any atom is -0.503 e. The fraction of sp³-hybridized carbons (Fsp3) is 0.389. The highest BCUT2D eigenvalue weighted by Crippen LogP contribution is 2.42. The van der Waals surface area contributed by atoms with Crippen molar-refractivity contribution in [1.82, 2.24) is 15.1 Å². The van der Waals surface area contributed by atoms with Gasteiger partial charge in [0.25, 0.3) is 11.3 Å². The van der Waals surface area contributed by atoms with Crippen molar-refractivity contribution in [1.29, 1.82) is 0 Å². The van der Waals surface area contributed by atoms with Crippen molar-refractivity contribution in [3.8, 4) is 5.75 Å². The maximum atomic E-state index is 11.9. The number of aromatic nitrogens is 2. The second kappa shape index (κ2) is 6.47. The average Bonchev–Trinajstić information content (AvgIpc) is 3.07. The number of nitrogens with one attached hydrogen (secondary N) is 1. The van der Waals surface area contributed by atoms with Gasteiger partial charge in [-0.05, 0) is 18.4 Å². The summed E-state index contributed by atoms with van der Waals surface area (Å²) in [5.74, 6) is -1.05. The molecule has 0 spiro atoms. The summed E-state index contributed by atoms with van der Waals surface area (Å²) in [4.78, 5) is 23.7. The van der Waals surface area contributed by atoms with Gasteiger partial charge in [-0.1, -0.05) is 43.2 Å². The molecule has 0 bridgehead atoms. The highest BCUT2D eigenvalue weighted by Gasteiger charge is 2.36. The lowest BCUT2D eigenvalue weighted by molar-refractivity contribution is 0.0953. The molecule has 1 aromatic carbocycles. The van der Waals surface area contributed by atoms with Crippen LogP contribution in [0.5, 0.6) is 5.75 Å². The van der Waals surface area contributed by atoms with Crippen molar-refractivity contribution >= 4 is 5.91 Å². The second-order valence-corrected chi connectivity index (χ2v) is 6.32. The molecule has 6 nitrogen and oxygen atoms in total. The van der Waals surface area contributed by atoms with Crippen molar-refractivity contribution in [2.75, 3.05) is 7.05 Å². The molecule has 0 saturated heterocycles. The number of rotatable bonds is 4. The SMILES string of the molecule is CNC(=O)c1nn(CC2(c3ccccc3)CCCC2)cc(O)c1=O. The highest BCUT2D eigenvalue weighted by molar-refractivity contribution is 5.92. The van der Waals surface area contributed by atoms with Crippen LogP contribution in [-0.2, 0) is 12.0 Å². The predicted molar refractivity (Wildman–Crippen MR) is 90.1 cm³/mol. The molecule has 1 fully saturated rings. The van der Waals surface area contributed by atoms with Crippen LogP contribution in [-0.4, -0.2) is 27.8 Å². The lowest BCUT2D eigenvalue weighted by Gasteiger charge is -2.30. The maximum Gasteiger partial charge on any atom is 0.275 e. The first-order valence-corrected chi connectivity index (χ1v) is 8.14. The zero-order valence-corrected chi connectivity index (χ0v) is 13.7. The molecule has 24 heavy (non-hydrogen) atoms. The smallest absolute Gasteiger partial charge is 0.275 e. The average molecular weight is 327 g/mol. The molecule has 1 saturated carbocycles. The van der Waals surface area contributed by atoms with Crippen LogP contribution in [0.4, 0.5) is 0 Å². The third-order valence-electron chi connectivity index (χ3n) is 4.80. The van der Waals surface area contributed by atoms with Gasteiger partial charge in [-0.3, -0.25) is 14.3 Å². The Morgan fingerprint density at radius 3 is 2.58 bits per heavy atom. The van der Waals surface area contributed by atoms with E-state index in [1.807, 2.05) is 18.2 Å². The van der Waals surface area contributed by atoms with E-state index in [0.717, 1.165) is 25.7 Å². The van der Waals surface area contributed by atoms with Crippen molar-refractivity contribution in [2.24, 2.45) is 0 Å². The quantitative estimate of drug-likeness (QED) is 0.897. The van der Waals surface area contributed by atoms with Gasteiger partial charge in [0.05, 0.1) is 12.7 Å².